The molecule has 0 fully saturated rings. The molecule has 0 aliphatic heterocycles. The van der Waals surface area contributed by atoms with E-state index in [1.54, 1.807) is 23.9 Å². The van der Waals surface area contributed by atoms with Crippen LogP contribution in [0, 0.1) is 13.8 Å². The molecule has 1 heterocycles. The van der Waals surface area contributed by atoms with Gasteiger partial charge < -0.3 is 19.6 Å². The normalized spacial score (nSPS) is 11.1. The second-order valence-corrected chi connectivity index (χ2v) is 6.30. The molecule has 1 aromatic carbocycles. The lowest BCUT2D eigenvalue weighted by molar-refractivity contribution is -0.120. The van der Waals surface area contributed by atoms with Gasteiger partial charge in [-0.25, -0.2) is 0 Å². The predicted molar refractivity (Wildman–Crippen MR) is 104 cm³/mol. The summed E-state index contributed by atoms with van der Waals surface area (Å²) in [6.45, 7) is 7.41. The molecule has 2 rings (SSSR count). The summed E-state index contributed by atoms with van der Waals surface area (Å²) in [5.74, 6) is 0.963. The fourth-order valence-electron chi connectivity index (χ4n) is 2.44. The number of aryl methyl sites for hydroxylation is 2. The molecule has 27 heavy (non-hydrogen) atoms. The monoisotopic (exact) mass is 374 g/mol. The van der Waals surface area contributed by atoms with Crippen molar-refractivity contribution >= 4 is 17.8 Å². The molecule has 0 radical (unpaired) electrons. The third kappa shape index (κ3) is 5.47. The van der Waals surface area contributed by atoms with Crippen LogP contribution in [0.5, 0.6) is 11.5 Å². The van der Waals surface area contributed by atoms with Gasteiger partial charge in [-0.1, -0.05) is 5.16 Å². The van der Waals surface area contributed by atoms with Crippen molar-refractivity contribution in [3.8, 4) is 11.5 Å². The highest BCUT2D eigenvalue weighted by molar-refractivity contribution is 5.92. The van der Waals surface area contributed by atoms with Crippen LogP contribution in [0.1, 0.15) is 30.8 Å². The van der Waals surface area contributed by atoms with Crippen molar-refractivity contribution in [2.24, 2.45) is 12.2 Å². The number of oxime groups is 1. The molecule has 8 heteroatoms. The van der Waals surface area contributed by atoms with Crippen molar-refractivity contribution in [3.05, 3.63) is 35.2 Å². The standard InChI is InChI=1S/C19H26N4O4/c1-12(2)27-16-8-7-15(9-17(16)25-6)10-20-26-11-18(24)21-19-13(3)22-23(5)14(19)4/h7-10,12H,11H2,1-6H3,(H,21,24)/b20-10-. The molecule has 0 saturated carbocycles. The Kier molecular flexibility index (Phi) is 6.81. The molecule has 1 amide bonds. The maximum absolute atomic E-state index is 12.0. The number of carbonyl (C=O) groups is 1. The maximum Gasteiger partial charge on any atom is 0.265 e. The smallest absolute Gasteiger partial charge is 0.265 e. The van der Waals surface area contributed by atoms with Crippen LogP contribution in [0.15, 0.2) is 23.4 Å². The molecular weight excluding hydrogens is 348 g/mol. The summed E-state index contributed by atoms with van der Waals surface area (Å²) < 4.78 is 12.7. The SMILES string of the molecule is COc1cc(/C=N\OCC(=O)Nc2c(C)nn(C)c2C)ccc1OC(C)C. The van der Waals surface area contributed by atoms with Crippen LogP contribution in [-0.4, -0.2) is 41.7 Å². The maximum atomic E-state index is 12.0. The summed E-state index contributed by atoms with van der Waals surface area (Å²) >= 11 is 0. The molecule has 8 nitrogen and oxygen atoms in total. The molecule has 146 valence electrons. The van der Waals surface area contributed by atoms with Crippen molar-refractivity contribution in [2.75, 3.05) is 19.0 Å². The van der Waals surface area contributed by atoms with Gasteiger partial charge in [0.15, 0.2) is 18.1 Å². The van der Waals surface area contributed by atoms with Crippen molar-refractivity contribution in [2.45, 2.75) is 33.8 Å². The van der Waals surface area contributed by atoms with E-state index in [0.29, 0.717) is 17.2 Å². The Hall–Kier alpha value is -3.03. The average Bonchev–Trinajstić information content (AvgIpc) is 2.85. The Bertz CT molecular complexity index is 827. The number of hydrogen-bond acceptors (Lipinski definition) is 6. The van der Waals surface area contributed by atoms with Gasteiger partial charge in [0.05, 0.1) is 36.5 Å². The quantitative estimate of drug-likeness (QED) is 0.567. The first kappa shape index (κ1) is 20.3. The zero-order valence-corrected chi connectivity index (χ0v) is 16.6. The highest BCUT2D eigenvalue weighted by atomic mass is 16.6. The van der Waals surface area contributed by atoms with Crippen molar-refractivity contribution in [3.63, 3.8) is 0 Å². The third-order valence-corrected chi connectivity index (χ3v) is 3.80. The van der Waals surface area contributed by atoms with Gasteiger partial charge in [-0.3, -0.25) is 9.48 Å². The largest absolute Gasteiger partial charge is 0.493 e. The van der Waals surface area contributed by atoms with Gasteiger partial charge in [0.1, 0.15) is 0 Å². The molecule has 0 unspecified atom stereocenters. The Labute approximate surface area is 159 Å². The molecule has 2 aromatic rings. The summed E-state index contributed by atoms with van der Waals surface area (Å²) in [5.41, 5.74) is 3.09. The fraction of sp³-hybridized carbons (Fsp3) is 0.421. The fourth-order valence-corrected chi connectivity index (χ4v) is 2.44. The molecule has 1 aromatic heterocycles. The summed E-state index contributed by atoms with van der Waals surface area (Å²) in [4.78, 5) is 17.1. The van der Waals surface area contributed by atoms with E-state index < -0.39 is 0 Å². The van der Waals surface area contributed by atoms with Crippen LogP contribution in [0.2, 0.25) is 0 Å². The van der Waals surface area contributed by atoms with Crippen molar-refractivity contribution < 1.29 is 19.1 Å². The number of rotatable bonds is 8. The molecule has 0 bridgehead atoms. The first-order chi connectivity index (χ1) is 12.8. The minimum atomic E-state index is -0.301. The zero-order chi connectivity index (χ0) is 20.0. The minimum absolute atomic E-state index is 0.0485. The number of anilines is 1. The van der Waals surface area contributed by atoms with E-state index in [2.05, 4.69) is 15.6 Å². The van der Waals surface area contributed by atoms with Crippen LogP contribution < -0.4 is 14.8 Å². The van der Waals surface area contributed by atoms with Gasteiger partial charge >= 0.3 is 0 Å². The second kappa shape index (κ2) is 9.07. The average molecular weight is 374 g/mol. The van der Waals surface area contributed by atoms with Crippen molar-refractivity contribution in [1.29, 1.82) is 0 Å². The summed E-state index contributed by atoms with van der Waals surface area (Å²) in [5, 5.41) is 10.9. The number of nitrogens with zero attached hydrogens (tertiary/aromatic N) is 3. The van der Waals surface area contributed by atoms with E-state index in [0.717, 1.165) is 17.0 Å². The zero-order valence-electron chi connectivity index (χ0n) is 16.6. The van der Waals surface area contributed by atoms with Crippen LogP contribution in [0.3, 0.4) is 0 Å². The molecule has 0 atom stereocenters. The molecule has 0 aliphatic carbocycles. The first-order valence-corrected chi connectivity index (χ1v) is 8.62. The topological polar surface area (TPSA) is 87.0 Å². The van der Waals surface area contributed by atoms with Crippen LogP contribution >= 0.6 is 0 Å². The Morgan fingerprint density at radius 2 is 2.07 bits per heavy atom. The highest BCUT2D eigenvalue weighted by Crippen LogP contribution is 2.28. The number of aromatic nitrogens is 2. The van der Waals surface area contributed by atoms with Crippen LogP contribution in [0.25, 0.3) is 0 Å². The second-order valence-electron chi connectivity index (χ2n) is 6.30. The molecule has 1 N–H and O–H groups in total. The third-order valence-electron chi connectivity index (χ3n) is 3.80. The number of amides is 1. The lowest BCUT2D eigenvalue weighted by Crippen LogP contribution is -2.18. The Morgan fingerprint density at radius 3 is 2.67 bits per heavy atom. The van der Waals surface area contributed by atoms with E-state index >= 15 is 0 Å². The van der Waals surface area contributed by atoms with E-state index in [-0.39, 0.29) is 18.6 Å². The van der Waals surface area contributed by atoms with E-state index in [1.165, 1.54) is 6.21 Å². The van der Waals surface area contributed by atoms with Crippen LogP contribution in [-0.2, 0) is 16.7 Å². The van der Waals surface area contributed by atoms with Gasteiger partial charge in [0, 0.05) is 12.6 Å². The van der Waals surface area contributed by atoms with Crippen LogP contribution in [0.4, 0.5) is 5.69 Å². The number of carbonyl (C=O) groups excluding carboxylic acids is 1. The summed E-state index contributed by atoms with van der Waals surface area (Å²) in [7, 11) is 3.40. The van der Waals surface area contributed by atoms with E-state index in [4.69, 9.17) is 14.3 Å². The van der Waals surface area contributed by atoms with Gasteiger partial charge in [0.2, 0.25) is 0 Å². The number of hydrogen-bond donors (Lipinski definition) is 1. The van der Waals surface area contributed by atoms with Gasteiger partial charge in [-0.15, -0.1) is 0 Å². The van der Waals surface area contributed by atoms with Gasteiger partial charge in [-0.2, -0.15) is 5.10 Å². The summed E-state index contributed by atoms with van der Waals surface area (Å²) in [6, 6.07) is 5.42. The number of benzene rings is 1. The molecule has 0 aliphatic rings. The van der Waals surface area contributed by atoms with Gasteiger partial charge in [0.25, 0.3) is 5.91 Å². The lowest BCUT2D eigenvalue weighted by atomic mass is 10.2. The minimum Gasteiger partial charge on any atom is -0.493 e. The van der Waals surface area contributed by atoms with E-state index in [1.807, 2.05) is 40.8 Å². The number of methoxy groups -OCH3 is 1. The molecular formula is C19H26N4O4. The predicted octanol–water partition coefficient (Wildman–Crippen LogP) is 2.82. The lowest BCUT2D eigenvalue weighted by Gasteiger charge is -2.13. The molecule has 0 spiro atoms. The van der Waals surface area contributed by atoms with E-state index in [9.17, 15) is 4.79 Å². The number of nitrogens with one attached hydrogen (secondary N) is 1. The van der Waals surface area contributed by atoms with Crippen molar-refractivity contribution in [1.82, 2.24) is 9.78 Å². The Balaban J connectivity index is 1.90. The molecule has 0 saturated heterocycles. The summed E-state index contributed by atoms with van der Waals surface area (Å²) in [6.07, 6.45) is 1.56. The Morgan fingerprint density at radius 1 is 1.33 bits per heavy atom. The number of ether oxygens (including phenoxy) is 2. The van der Waals surface area contributed by atoms with Gasteiger partial charge in [-0.05, 0) is 45.9 Å². The first-order valence-electron chi connectivity index (χ1n) is 8.62. The highest BCUT2D eigenvalue weighted by Gasteiger charge is 2.12.